The molecule has 5 nitrogen and oxygen atoms in total. The van der Waals surface area contributed by atoms with Crippen molar-refractivity contribution in [1.82, 2.24) is 0 Å². The van der Waals surface area contributed by atoms with Crippen molar-refractivity contribution in [2.45, 2.75) is 11.7 Å². The van der Waals surface area contributed by atoms with Gasteiger partial charge >= 0.3 is 0 Å². The molecule has 7 heteroatoms. The van der Waals surface area contributed by atoms with Gasteiger partial charge in [0.05, 0.1) is 5.25 Å². The van der Waals surface area contributed by atoms with Crippen LogP contribution in [0.15, 0.2) is 0 Å². The van der Waals surface area contributed by atoms with Gasteiger partial charge in [0.25, 0.3) is 10.1 Å². The van der Waals surface area contributed by atoms with E-state index in [1.807, 2.05) is 0 Å². The van der Waals surface area contributed by atoms with Crippen LogP contribution in [0.2, 0.25) is 0 Å². The van der Waals surface area contributed by atoms with E-state index in [4.69, 9.17) is 16.0 Å². The standard InChI is InChI=1S/C4H12N2O3S.Na/c5-2-1-4(3-6)10(7,8)9;/h4H,1-3,5-6H2,(H,7,8,9);. The zero-order chi connectivity index (χ0) is 8.20. The summed E-state index contributed by atoms with van der Waals surface area (Å²) in [5.74, 6) is 0. The number of nitrogens with two attached hydrogens (primary N) is 2. The van der Waals surface area contributed by atoms with Crippen LogP contribution in [0.4, 0.5) is 0 Å². The average molecular weight is 191 g/mol. The van der Waals surface area contributed by atoms with Crippen LogP contribution >= 0.6 is 0 Å². The Balaban J connectivity index is 0. The molecule has 1 radical (unpaired) electrons. The fourth-order valence-electron chi connectivity index (χ4n) is 0.574. The number of hydrogen-bond acceptors (Lipinski definition) is 4. The molecular weight excluding hydrogens is 179 g/mol. The largest absolute Gasteiger partial charge is 0.330 e. The fourth-order valence-corrected chi connectivity index (χ4v) is 1.25. The molecule has 0 saturated heterocycles. The molecule has 63 valence electrons. The van der Waals surface area contributed by atoms with E-state index < -0.39 is 15.4 Å². The van der Waals surface area contributed by atoms with Gasteiger partial charge in [-0.1, -0.05) is 0 Å². The predicted octanol–water partition coefficient (Wildman–Crippen LogP) is -1.83. The first-order valence-electron chi connectivity index (χ1n) is 2.88. The zero-order valence-electron chi connectivity index (χ0n) is 6.53. The van der Waals surface area contributed by atoms with Gasteiger partial charge in [0.2, 0.25) is 0 Å². The van der Waals surface area contributed by atoms with E-state index in [0.29, 0.717) is 0 Å². The molecule has 5 N–H and O–H groups in total. The molecule has 0 bridgehead atoms. The van der Waals surface area contributed by atoms with E-state index in [0.717, 1.165) is 0 Å². The molecule has 0 heterocycles. The summed E-state index contributed by atoms with van der Waals surface area (Å²) in [6, 6.07) is 0. The third kappa shape index (κ3) is 6.03. The van der Waals surface area contributed by atoms with E-state index in [-0.39, 0.29) is 49.1 Å². The second-order valence-electron chi connectivity index (χ2n) is 1.95. The first-order valence-corrected chi connectivity index (χ1v) is 4.39. The van der Waals surface area contributed by atoms with Crippen LogP contribution in [0, 0.1) is 0 Å². The Labute approximate surface area is 88.6 Å². The van der Waals surface area contributed by atoms with Gasteiger partial charge in [-0.25, -0.2) is 0 Å². The van der Waals surface area contributed by atoms with Crippen LogP contribution in [0.25, 0.3) is 0 Å². The summed E-state index contributed by atoms with van der Waals surface area (Å²) in [4.78, 5) is 0. The molecule has 11 heavy (non-hydrogen) atoms. The topological polar surface area (TPSA) is 106 Å². The maximum Gasteiger partial charge on any atom is 0.269 e. The molecule has 0 aliphatic carbocycles. The van der Waals surface area contributed by atoms with E-state index in [1.54, 1.807) is 0 Å². The summed E-state index contributed by atoms with van der Waals surface area (Å²) in [6.45, 7) is 0.123. The van der Waals surface area contributed by atoms with Gasteiger partial charge in [-0.15, -0.1) is 0 Å². The maximum atomic E-state index is 10.4. The van der Waals surface area contributed by atoms with E-state index in [2.05, 4.69) is 0 Å². The van der Waals surface area contributed by atoms with Gasteiger partial charge in [-0.2, -0.15) is 8.42 Å². The molecule has 0 saturated carbocycles. The minimum atomic E-state index is -3.98. The van der Waals surface area contributed by atoms with Crippen molar-refractivity contribution in [3.8, 4) is 0 Å². The molecule has 0 fully saturated rings. The summed E-state index contributed by atoms with van der Waals surface area (Å²) in [5, 5.41) is -0.905. The minimum absolute atomic E-state index is 0. The zero-order valence-corrected chi connectivity index (χ0v) is 9.34. The number of hydrogen-bond donors (Lipinski definition) is 3. The monoisotopic (exact) mass is 191 g/mol. The van der Waals surface area contributed by atoms with Crippen molar-refractivity contribution in [3.63, 3.8) is 0 Å². The van der Waals surface area contributed by atoms with Crippen molar-refractivity contribution < 1.29 is 13.0 Å². The minimum Gasteiger partial charge on any atom is -0.330 e. The first kappa shape index (κ1) is 14.4. The Hall–Kier alpha value is 0.830. The summed E-state index contributed by atoms with van der Waals surface area (Å²) in [6.07, 6.45) is 0.204. The summed E-state index contributed by atoms with van der Waals surface area (Å²) < 4.78 is 29.2. The van der Waals surface area contributed by atoms with E-state index in [9.17, 15) is 8.42 Å². The maximum absolute atomic E-state index is 10.4. The van der Waals surface area contributed by atoms with Gasteiger partial charge < -0.3 is 11.5 Å². The quantitative estimate of drug-likeness (QED) is 0.358. The van der Waals surface area contributed by atoms with Crippen LogP contribution in [-0.2, 0) is 10.1 Å². The number of rotatable bonds is 4. The molecule has 0 aliphatic heterocycles. The van der Waals surface area contributed by atoms with Crippen LogP contribution in [-0.4, -0.2) is 60.9 Å². The van der Waals surface area contributed by atoms with Crippen LogP contribution < -0.4 is 11.5 Å². The molecule has 0 aromatic carbocycles. The Morgan fingerprint density at radius 1 is 1.36 bits per heavy atom. The molecule has 0 rings (SSSR count). The van der Waals surface area contributed by atoms with E-state index in [1.165, 1.54) is 0 Å². The Kier molecular flexibility index (Phi) is 8.30. The first-order chi connectivity index (χ1) is 4.52. The Bertz CT molecular complexity index is 182. The molecule has 0 aliphatic rings. The second kappa shape index (κ2) is 6.36. The summed E-state index contributed by atoms with van der Waals surface area (Å²) in [5.41, 5.74) is 10.1. The molecule has 0 aromatic rings. The van der Waals surface area contributed by atoms with Gasteiger partial charge in [-0.3, -0.25) is 4.55 Å². The van der Waals surface area contributed by atoms with Gasteiger partial charge in [-0.05, 0) is 13.0 Å². The summed E-state index contributed by atoms with van der Waals surface area (Å²) in [7, 11) is -3.98. The van der Waals surface area contributed by atoms with E-state index >= 15 is 0 Å². The molecular formula is C4H12N2NaO3S. The predicted molar refractivity (Wildman–Crippen MR) is 43.8 cm³/mol. The van der Waals surface area contributed by atoms with Crippen molar-refractivity contribution in [3.05, 3.63) is 0 Å². The van der Waals surface area contributed by atoms with Crippen molar-refractivity contribution in [2.24, 2.45) is 11.5 Å². The Morgan fingerprint density at radius 3 is 1.91 bits per heavy atom. The third-order valence-corrected chi connectivity index (χ3v) is 2.44. The molecule has 1 atom stereocenters. The van der Waals surface area contributed by atoms with Gasteiger partial charge in [0.1, 0.15) is 0 Å². The van der Waals surface area contributed by atoms with Crippen LogP contribution in [0.1, 0.15) is 6.42 Å². The fraction of sp³-hybridized carbons (Fsp3) is 1.00. The molecule has 0 aromatic heterocycles. The second-order valence-corrected chi connectivity index (χ2v) is 3.65. The van der Waals surface area contributed by atoms with Gasteiger partial charge in [0.15, 0.2) is 0 Å². The van der Waals surface area contributed by atoms with Crippen molar-refractivity contribution in [1.29, 1.82) is 0 Å². The van der Waals surface area contributed by atoms with Gasteiger partial charge in [0, 0.05) is 36.1 Å². The molecule has 0 spiro atoms. The molecule has 1 unspecified atom stereocenters. The van der Waals surface area contributed by atoms with Crippen molar-refractivity contribution in [2.75, 3.05) is 13.1 Å². The Morgan fingerprint density at radius 2 is 1.82 bits per heavy atom. The van der Waals surface area contributed by atoms with Crippen LogP contribution in [0.5, 0.6) is 0 Å². The molecule has 0 amide bonds. The third-order valence-electron chi connectivity index (χ3n) is 1.17. The smallest absolute Gasteiger partial charge is 0.269 e. The normalized spacial score (nSPS) is 13.7. The van der Waals surface area contributed by atoms with Crippen molar-refractivity contribution >= 4 is 39.7 Å². The van der Waals surface area contributed by atoms with Crippen LogP contribution in [0.3, 0.4) is 0 Å². The summed E-state index contributed by atoms with van der Waals surface area (Å²) >= 11 is 0. The SMILES string of the molecule is NCCC(CN)S(=O)(=O)O.[Na]. The average Bonchev–Trinajstić information content (AvgIpc) is 1.80.